The molecule has 100 valence electrons. The highest BCUT2D eigenvalue weighted by Gasteiger charge is 2.24. The zero-order valence-corrected chi connectivity index (χ0v) is 11.2. The minimum atomic E-state index is -0.478. The summed E-state index contributed by atoms with van der Waals surface area (Å²) in [6.45, 7) is 5.25. The molecule has 2 unspecified atom stereocenters. The van der Waals surface area contributed by atoms with E-state index in [4.69, 9.17) is 10.5 Å². The van der Waals surface area contributed by atoms with Gasteiger partial charge in [-0.1, -0.05) is 0 Å². The SMILES string of the molecule is CCOC(=O)C(N)CCN1CCC(N(C)C)C1. The predicted octanol–water partition coefficient (Wildman–Crippen LogP) is -0.0972. The molecule has 0 saturated carbocycles. The van der Waals surface area contributed by atoms with Crippen molar-refractivity contribution in [3.8, 4) is 0 Å². The fraction of sp³-hybridized carbons (Fsp3) is 0.917. The molecule has 0 bridgehead atoms. The Bertz CT molecular complexity index is 246. The van der Waals surface area contributed by atoms with E-state index >= 15 is 0 Å². The van der Waals surface area contributed by atoms with Crippen LogP contribution in [-0.4, -0.2) is 68.2 Å². The third kappa shape index (κ3) is 4.61. The van der Waals surface area contributed by atoms with Crippen LogP contribution in [0.15, 0.2) is 0 Å². The van der Waals surface area contributed by atoms with Crippen molar-refractivity contribution in [2.24, 2.45) is 5.73 Å². The largest absolute Gasteiger partial charge is 0.465 e. The number of esters is 1. The summed E-state index contributed by atoms with van der Waals surface area (Å²) in [5.41, 5.74) is 5.76. The van der Waals surface area contributed by atoms with Gasteiger partial charge in [0.2, 0.25) is 0 Å². The maximum absolute atomic E-state index is 11.3. The van der Waals surface area contributed by atoms with E-state index in [-0.39, 0.29) is 5.97 Å². The molecule has 5 nitrogen and oxygen atoms in total. The number of nitrogens with two attached hydrogens (primary N) is 1. The summed E-state index contributed by atoms with van der Waals surface area (Å²) in [6.07, 6.45) is 1.88. The molecule has 0 aromatic rings. The molecule has 0 aliphatic carbocycles. The van der Waals surface area contributed by atoms with Gasteiger partial charge >= 0.3 is 5.97 Å². The van der Waals surface area contributed by atoms with Gasteiger partial charge in [-0.25, -0.2) is 0 Å². The maximum Gasteiger partial charge on any atom is 0.322 e. The quantitative estimate of drug-likeness (QED) is 0.660. The molecule has 1 aliphatic heterocycles. The first-order valence-electron chi connectivity index (χ1n) is 6.35. The van der Waals surface area contributed by atoms with Gasteiger partial charge in [-0.15, -0.1) is 0 Å². The van der Waals surface area contributed by atoms with Gasteiger partial charge in [0, 0.05) is 19.1 Å². The topological polar surface area (TPSA) is 58.8 Å². The predicted molar refractivity (Wildman–Crippen MR) is 67.8 cm³/mol. The van der Waals surface area contributed by atoms with E-state index in [9.17, 15) is 4.79 Å². The summed E-state index contributed by atoms with van der Waals surface area (Å²) < 4.78 is 4.89. The van der Waals surface area contributed by atoms with Crippen molar-refractivity contribution in [2.75, 3.05) is 40.3 Å². The smallest absolute Gasteiger partial charge is 0.322 e. The number of carbonyl (C=O) groups excluding carboxylic acids is 1. The molecular weight excluding hydrogens is 218 g/mol. The molecule has 5 heteroatoms. The molecule has 0 aromatic heterocycles. The van der Waals surface area contributed by atoms with Crippen molar-refractivity contribution < 1.29 is 9.53 Å². The zero-order valence-electron chi connectivity index (χ0n) is 11.2. The normalized spacial score (nSPS) is 23.0. The van der Waals surface area contributed by atoms with Crippen LogP contribution in [0.3, 0.4) is 0 Å². The lowest BCUT2D eigenvalue weighted by molar-refractivity contribution is -0.144. The summed E-state index contributed by atoms with van der Waals surface area (Å²) in [7, 11) is 4.22. The van der Waals surface area contributed by atoms with Gasteiger partial charge in [0.05, 0.1) is 6.61 Å². The Kier molecular flexibility index (Phi) is 5.88. The number of carbonyl (C=O) groups is 1. The fourth-order valence-electron chi connectivity index (χ4n) is 2.13. The molecule has 2 N–H and O–H groups in total. The van der Waals surface area contributed by atoms with Gasteiger partial charge in [-0.3, -0.25) is 4.79 Å². The lowest BCUT2D eigenvalue weighted by atomic mass is 10.2. The highest BCUT2D eigenvalue weighted by Crippen LogP contribution is 2.13. The van der Waals surface area contributed by atoms with Crippen LogP contribution in [0.4, 0.5) is 0 Å². The van der Waals surface area contributed by atoms with Crippen LogP contribution in [-0.2, 0) is 9.53 Å². The maximum atomic E-state index is 11.3. The highest BCUT2D eigenvalue weighted by molar-refractivity contribution is 5.75. The van der Waals surface area contributed by atoms with Crippen molar-refractivity contribution in [3.63, 3.8) is 0 Å². The molecule has 1 aliphatic rings. The van der Waals surface area contributed by atoms with E-state index in [0.717, 1.165) is 19.6 Å². The van der Waals surface area contributed by atoms with Crippen LogP contribution in [0.25, 0.3) is 0 Å². The summed E-state index contributed by atoms with van der Waals surface area (Å²) >= 11 is 0. The van der Waals surface area contributed by atoms with E-state index < -0.39 is 6.04 Å². The molecule has 1 saturated heterocycles. The molecule has 1 rings (SSSR count). The lowest BCUT2D eigenvalue weighted by Gasteiger charge is -2.21. The standard InChI is InChI=1S/C12H25N3O2/c1-4-17-12(16)11(13)6-8-15-7-5-10(9-15)14(2)3/h10-11H,4-9,13H2,1-3H3. The van der Waals surface area contributed by atoms with Crippen LogP contribution in [0.1, 0.15) is 19.8 Å². The van der Waals surface area contributed by atoms with Crippen molar-refractivity contribution in [1.29, 1.82) is 0 Å². The van der Waals surface area contributed by atoms with Gasteiger partial charge in [0.25, 0.3) is 0 Å². The number of rotatable bonds is 6. The average Bonchev–Trinajstić information content (AvgIpc) is 2.75. The van der Waals surface area contributed by atoms with E-state index in [1.165, 1.54) is 6.42 Å². The zero-order chi connectivity index (χ0) is 12.8. The number of nitrogens with zero attached hydrogens (tertiary/aromatic N) is 2. The molecule has 1 fully saturated rings. The van der Waals surface area contributed by atoms with Crippen molar-refractivity contribution >= 4 is 5.97 Å². The number of ether oxygens (including phenoxy) is 1. The first-order chi connectivity index (χ1) is 8.04. The average molecular weight is 243 g/mol. The summed E-state index contributed by atoms with van der Waals surface area (Å²) in [5.74, 6) is -0.282. The summed E-state index contributed by atoms with van der Waals surface area (Å²) in [4.78, 5) is 16.0. The van der Waals surface area contributed by atoms with Crippen LogP contribution in [0.2, 0.25) is 0 Å². The first kappa shape index (κ1) is 14.4. The second-order valence-electron chi connectivity index (χ2n) is 4.85. The minimum absolute atomic E-state index is 0.282. The molecule has 0 spiro atoms. The Morgan fingerprint density at radius 2 is 2.29 bits per heavy atom. The third-order valence-corrected chi connectivity index (χ3v) is 3.32. The summed E-state index contributed by atoms with van der Waals surface area (Å²) in [6, 6.07) is 0.155. The van der Waals surface area contributed by atoms with Crippen LogP contribution >= 0.6 is 0 Å². The molecule has 17 heavy (non-hydrogen) atoms. The molecule has 0 aromatic carbocycles. The molecule has 1 heterocycles. The monoisotopic (exact) mass is 243 g/mol. The highest BCUT2D eigenvalue weighted by atomic mass is 16.5. The third-order valence-electron chi connectivity index (χ3n) is 3.32. The molecule has 0 radical (unpaired) electrons. The van der Waals surface area contributed by atoms with Crippen molar-refractivity contribution in [3.05, 3.63) is 0 Å². The Morgan fingerprint density at radius 3 is 2.82 bits per heavy atom. The van der Waals surface area contributed by atoms with Gasteiger partial charge < -0.3 is 20.3 Å². The molecule has 0 amide bonds. The van der Waals surface area contributed by atoms with Gasteiger partial charge in [-0.05, 0) is 40.4 Å². The fourth-order valence-corrected chi connectivity index (χ4v) is 2.13. The van der Waals surface area contributed by atoms with Crippen LogP contribution in [0, 0.1) is 0 Å². The van der Waals surface area contributed by atoms with Gasteiger partial charge in [0.15, 0.2) is 0 Å². The van der Waals surface area contributed by atoms with E-state index in [2.05, 4.69) is 23.9 Å². The van der Waals surface area contributed by atoms with E-state index in [0.29, 0.717) is 19.1 Å². The van der Waals surface area contributed by atoms with Gasteiger partial charge in [0.1, 0.15) is 6.04 Å². The number of likely N-dealkylation sites (N-methyl/N-ethyl adjacent to an activating group) is 1. The van der Waals surface area contributed by atoms with Crippen LogP contribution in [0.5, 0.6) is 0 Å². The first-order valence-corrected chi connectivity index (χ1v) is 6.35. The minimum Gasteiger partial charge on any atom is -0.465 e. The van der Waals surface area contributed by atoms with Crippen molar-refractivity contribution in [2.45, 2.75) is 31.8 Å². The van der Waals surface area contributed by atoms with Crippen LogP contribution < -0.4 is 5.73 Å². The second-order valence-corrected chi connectivity index (χ2v) is 4.85. The molecule has 2 atom stereocenters. The van der Waals surface area contributed by atoms with E-state index in [1.807, 2.05) is 0 Å². The number of likely N-dealkylation sites (tertiary alicyclic amines) is 1. The molecular formula is C12H25N3O2. The Labute approximate surface area is 104 Å². The van der Waals surface area contributed by atoms with E-state index in [1.54, 1.807) is 6.92 Å². The Balaban J connectivity index is 2.21. The Morgan fingerprint density at radius 1 is 1.59 bits per heavy atom. The van der Waals surface area contributed by atoms with Gasteiger partial charge in [-0.2, -0.15) is 0 Å². The number of hydrogen-bond acceptors (Lipinski definition) is 5. The summed E-state index contributed by atoms with van der Waals surface area (Å²) in [5, 5.41) is 0. The second kappa shape index (κ2) is 6.93. The number of hydrogen-bond donors (Lipinski definition) is 1. The lowest BCUT2D eigenvalue weighted by Crippen LogP contribution is -2.37. The Hall–Kier alpha value is -0.650. The van der Waals surface area contributed by atoms with Crippen molar-refractivity contribution in [1.82, 2.24) is 9.80 Å².